The molecule has 1 amide bonds. The molecule has 5 rings (SSSR count). The van der Waals surface area contributed by atoms with Gasteiger partial charge in [0.2, 0.25) is 15.9 Å². The zero-order valence-corrected chi connectivity index (χ0v) is 31.3. The van der Waals surface area contributed by atoms with Gasteiger partial charge in [0, 0.05) is 53.9 Å². The minimum atomic E-state index is -3.76. The van der Waals surface area contributed by atoms with E-state index in [1.807, 2.05) is 86.6 Å². The number of hydrogen-bond donors (Lipinski definition) is 2. The number of halogens is 1. The lowest BCUT2D eigenvalue weighted by atomic mass is 10.1. The predicted molar refractivity (Wildman–Crippen MR) is 205 cm³/mol. The first-order valence-corrected chi connectivity index (χ1v) is 18.9. The monoisotopic (exact) mass is 806 g/mol. The van der Waals surface area contributed by atoms with Crippen molar-refractivity contribution in [3.8, 4) is 5.75 Å². The van der Waals surface area contributed by atoms with E-state index < -0.39 is 10.0 Å². The van der Waals surface area contributed by atoms with Gasteiger partial charge in [-0.25, -0.2) is 13.1 Å². The maximum Gasteiger partial charge on any atom is 0.262 e. The van der Waals surface area contributed by atoms with E-state index in [0.29, 0.717) is 40.3 Å². The minimum absolute atomic E-state index is 0.0420. The molecule has 0 aliphatic heterocycles. The van der Waals surface area contributed by atoms with E-state index in [9.17, 15) is 18.0 Å². The van der Waals surface area contributed by atoms with Gasteiger partial charge in [-0.05, 0) is 103 Å². The molecule has 0 aliphatic carbocycles. The maximum atomic E-state index is 13.7. The summed E-state index contributed by atoms with van der Waals surface area (Å²) in [5, 5.41) is 12.1. The van der Waals surface area contributed by atoms with Crippen LogP contribution in [-0.2, 0) is 25.7 Å². The highest BCUT2D eigenvalue weighted by molar-refractivity contribution is 14.1. The number of carbonyl (C=O) groups is 2. The van der Waals surface area contributed by atoms with Crippen LogP contribution in [0.1, 0.15) is 33.6 Å². The van der Waals surface area contributed by atoms with Crippen LogP contribution in [0.25, 0.3) is 10.9 Å². The maximum absolute atomic E-state index is 13.7. The molecular formula is C37H39IN6O5S. The first kappa shape index (κ1) is 36.7. The summed E-state index contributed by atoms with van der Waals surface area (Å²) in [5.74, 6) is 0.198. The Morgan fingerprint density at radius 3 is 2.12 bits per heavy atom. The Balaban J connectivity index is 1.16. The lowest BCUT2D eigenvalue weighted by Crippen LogP contribution is -2.30. The molecule has 4 aromatic carbocycles. The van der Waals surface area contributed by atoms with Crippen LogP contribution in [0.3, 0.4) is 0 Å². The van der Waals surface area contributed by atoms with Gasteiger partial charge in [0.15, 0.2) is 0 Å². The number of methoxy groups -OCH3 is 1. The number of sulfonamides is 1. The quantitative estimate of drug-likeness (QED) is 0.0533. The zero-order chi connectivity index (χ0) is 35.8. The van der Waals surface area contributed by atoms with Gasteiger partial charge in [0.1, 0.15) is 5.75 Å². The summed E-state index contributed by atoms with van der Waals surface area (Å²) in [4.78, 5) is 28.8. The average molecular weight is 807 g/mol. The number of amides is 1. The number of ether oxygens (including phenoxy) is 1. The second-order valence-electron chi connectivity index (χ2n) is 11.8. The fourth-order valence-electron chi connectivity index (χ4n) is 5.39. The molecule has 5 aromatic rings. The average Bonchev–Trinajstić information content (AvgIpc) is 3.39. The van der Waals surface area contributed by atoms with Crippen molar-refractivity contribution in [3.05, 3.63) is 113 Å². The Bertz CT molecular complexity index is 2110. The number of rotatable bonds is 14. The Hall–Kier alpha value is -4.60. The first-order valence-electron chi connectivity index (χ1n) is 15.9. The second-order valence-corrected chi connectivity index (χ2v) is 14.3. The topological polar surface area (TPSA) is 134 Å². The van der Waals surface area contributed by atoms with Gasteiger partial charge >= 0.3 is 0 Å². The van der Waals surface area contributed by atoms with E-state index in [2.05, 4.69) is 42.9 Å². The van der Waals surface area contributed by atoms with Crippen molar-refractivity contribution in [2.24, 2.45) is 10.2 Å². The smallest absolute Gasteiger partial charge is 0.262 e. The number of benzene rings is 4. The van der Waals surface area contributed by atoms with Gasteiger partial charge in [-0.2, -0.15) is 10.2 Å². The van der Waals surface area contributed by atoms with Crippen molar-refractivity contribution in [2.75, 3.05) is 39.2 Å². The van der Waals surface area contributed by atoms with Crippen LogP contribution in [0.2, 0.25) is 0 Å². The first-order chi connectivity index (χ1) is 24.0. The number of carbonyl (C=O) groups excluding carboxylic acids is 2. The van der Waals surface area contributed by atoms with Crippen LogP contribution in [0.5, 0.6) is 5.75 Å². The molecule has 1 heterocycles. The van der Waals surface area contributed by atoms with E-state index in [1.54, 1.807) is 29.9 Å². The van der Waals surface area contributed by atoms with Crippen LogP contribution in [0.15, 0.2) is 106 Å². The van der Waals surface area contributed by atoms with Gasteiger partial charge < -0.3 is 15.0 Å². The Morgan fingerprint density at radius 2 is 1.52 bits per heavy atom. The molecule has 0 fully saturated rings. The normalized spacial score (nSPS) is 11.6. The predicted octanol–water partition coefficient (Wildman–Crippen LogP) is 7.09. The summed E-state index contributed by atoms with van der Waals surface area (Å²) >= 11 is 2.28. The summed E-state index contributed by atoms with van der Waals surface area (Å²) in [6.07, 6.45) is 0.421. The van der Waals surface area contributed by atoms with Gasteiger partial charge in [-0.15, -0.1) is 0 Å². The van der Waals surface area contributed by atoms with Crippen LogP contribution in [0, 0.1) is 6.92 Å². The Kier molecular flexibility index (Phi) is 12.0. The molecule has 0 saturated carbocycles. The number of nitrogens with zero attached hydrogens (tertiary/aromatic N) is 4. The summed E-state index contributed by atoms with van der Waals surface area (Å²) in [7, 11) is 1.72. The lowest BCUT2D eigenvalue weighted by Gasteiger charge is -2.11. The molecule has 0 aliphatic rings. The number of azo groups is 1. The Morgan fingerprint density at radius 1 is 0.880 bits per heavy atom. The molecule has 0 saturated heterocycles. The number of nitrogens with one attached hydrogen (secondary N) is 2. The highest BCUT2D eigenvalue weighted by atomic mass is 127. The van der Waals surface area contributed by atoms with E-state index in [1.165, 1.54) is 12.1 Å². The molecule has 0 spiro atoms. The van der Waals surface area contributed by atoms with Crippen LogP contribution >= 0.6 is 22.6 Å². The SMILES string of the molecule is COc1ccc2c(c1)c(CC(=O)NCCCNS(=O)(=O)c1ccc(/N=N/c3ccc(N(C)C)cc3)cc1)c(C)n2C(=O)c1ccc(CI)cc1. The van der Waals surface area contributed by atoms with Crippen LogP contribution in [-0.4, -0.2) is 59.1 Å². The highest BCUT2D eigenvalue weighted by Gasteiger charge is 2.22. The highest BCUT2D eigenvalue weighted by Crippen LogP contribution is 2.31. The largest absolute Gasteiger partial charge is 0.497 e. The minimum Gasteiger partial charge on any atom is -0.497 e. The molecule has 2 N–H and O–H groups in total. The lowest BCUT2D eigenvalue weighted by molar-refractivity contribution is -0.120. The molecule has 0 bridgehead atoms. The molecular weight excluding hydrogens is 767 g/mol. The number of aromatic nitrogens is 1. The van der Waals surface area contributed by atoms with Crippen molar-refractivity contribution in [1.82, 2.24) is 14.6 Å². The van der Waals surface area contributed by atoms with Crippen molar-refractivity contribution in [1.29, 1.82) is 0 Å². The number of fused-ring (bicyclic) bond motifs is 1. The van der Waals surface area contributed by atoms with Crippen molar-refractivity contribution in [2.45, 2.75) is 29.1 Å². The van der Waals surface area contributed by atoms with E-state index in [-0.39, 0.29) is 36.2 Å². The molecule has 13 heteroatoms. The summed E-state index contributed by atoms with van der Waals surface area (Å²) < 4.78 is 36.2. The molecule has 11 nitrogen and oxygen atoms in total. The molecule has 0 atom stereocenters. The van der Waals surface area contributed by atoms with E-state index in [0.717, 1.165) is 26.6 Å². The third-order valence-electron chi connectivity index (χ3n) is 8.20. The van der Waals surface area contributed by atoms with Crippen molar-refractivity contribution >= 4 is 72.4 Å². The fourth-order valence-corrected chi connectivity index (χ4v) is 6.98. The molecule has 1 aromatic heterocycles. The fraction of sp³-hybridized carbons (Fsp3) is 0.243. The number of anilines is 1. The zero-order valence-electron chi connectivity index (χ0n) is 28.3. The number of alkyl halides is 1. The standard InChI is InChI=1S/C37H39IN6O5S/c1-25-33(34-22-31(49-4)16-19-35(34)44(25)37(46)27-8-6-26(24-38)7-9-27)23-36(45)39-20-5-21-40-50(47,48)32-17-12-29(13-18-32)42-41-28-10-14-30(15-11-28)43(2)3/h6-19,22,40H,5,20-21,23-24H2,1-4H3,(H,39,45)/b42-41+. The number of hydrogen-bond acceptors (Lipinski definition) is 8. The third kappa shape index (κ3) is 8.76. The molecule has 50 heavy (non-hydrogen) atoms. The molecule has 0 radical (unpaired) electrons. The summed E-state index contributed by atoms with van der Waals surface area (Å²) in [6, 6.07) is 26.7. The van der Waals surface area contributed by atoms with Crippen molar-refractivity contribution < 1.29 is 22.7 Å². The summed E-state index contributed by atoms with van der Waals surface area (Å²) in [6.45, 7) is 2.23. The van der Waals surface area contributed by atoms with Crippen molar-refractivity contribution in [3.63, 3.8) is 0 Å². The second kappa shape index (κ2) is 16.4. The van der Waals surface area contributed by atoms with E-state index in [4.69, 9.17) is 4.74 Å². The Labute approximate surface area is 305 Å². The van der Waals surface area contributed by atoms with E-state index >= 15 is 0 Å². The van der Waals surface area contributed by atoms with Crippen LogP contribution < -0.4 is 19.7 Å². The summed E-state index contributed by atoms with van der Waals surface area (Å²) in [5.41, 5.74) is 6.02. The molecule has 260 valence electrons. The molecule has 0 unspecified atom stereocenters. The van der Waals surface area contributed by atoms with Gasteiger partial charge in [0.05, 0.1) is 35.3 Å². The van der Waals surface area contributed by atoms with Gasteiger partial charge in [-0.3, -0.25) is 14.2 Å². The van der Waals surface area contributed by atoms with Gasteiger partial charge in [-0.1, -0.05) is 34.7 Å². The van der Waals surface area contributed by atoms with Crippen LogP contribution in [0.4, 0.5) is 17.1 Å². The third-order valence-corrected chi connectivity index (χ3v) is 10.6. The van der Waals surface area contributed by atoms with Gasteiger partial charge in [0.25, 0.3) is 5.91 Å².